The van der Waals surface area contributed by atoms with E-state index in [0.29, 0.717) is 0 Å². The first-order valence-electron chi connectivity index (χ1n) is 6.69. The normalized spacial score (nSPS) is 13.8. The molecule has 2 aromatic rings. The van der Waals surface area contributed by atoms with Crippen molar-refractivity contribution in [1.29, 1.82) is 0 Å². The van der Waals surface area contributed by atoms with Gasteiger partial charge < -0.3 is 9.80 Å². The smallest absolute Gasteiger partial charge is 0.283 e. The standard InChI is InChI=1S/C15H16N2O3S/c1-2-16-12-7-3-5-9-14(12)17(11-21(18,19)20)15-10-6-4-8-13(15)16/h3-10H,2,11H2,1H3,(H,18,19,20). The number of hydrogen-bond donors (Lipinski definition) is 1. The Morgan fingerprint density at radius 1 is 0.857 bits per heavy atom. The molecule has 0 amide bonds. The lowest BCUT2D eigenvalue weighted by atomic mass is 10.1. The summed E-state index contributed by atoms with van der Waals surface area (Å²) in [5.41, 5.74) is 3.41. The van der Waals surface area contributed by atoms with Crippen LogP contribution < -0.4 is 9.80 Å². The molecule has 0 aliphatic carbocycles. The van der Waals surface area contributed by atoms with Crippen LogP contribution >= 0.6 is 0 Å². The van der Waals surface area contributed by atoms with Gasteiger partial charge in [0.1, 0.15) is 0 Å². The molecule has 110 valence electrons. The molecule has 0 radical (unpaired) electrons. The predicted octanol–water partition coefficient (Wildman–Crippen LogP) is 3.14. The summed E-state index contributed by atoms with van der Waals surface area (Å²) in [6, 6.07) is 15.2. The Morgan fingerprint density at radius 2 is 1.24 bits per heavy atom. The fourth-order valence-corrected chi connectivity index (χ4v) is 3.35. The van der Waals surface area contributed by atoms with Crippen molar-refractivity contribution in [2.45, 2.75) is 6.92 Å². The molecule has 0 bridgehead atoms. The van der Waals surface area contributed by atoms with E-state index in [0.717, 1.165) is 29.3 Å². The molecule has 2 aromatic carbocycles. The van der Waals surface area contributed by atoms with Crippen LogP contribution in [0, 0.1) is 0 Å². The molecule has 0 aromatic heterocycles. The number of anilines is 4. The number of rotatable bonds is 3. The minimum absolute atomic E-state index is 0.460. The molecule has 0 saturated carbocycles. The molecule has 3 rings (SSSR count). The zero-order valence-corrected chi connectivity index (χ0v) is 12.4. The Hall–Kier alpha value is -2.05. The maximum absolute atomic E-state index is 11.4. The van der Waals surface area contributed by atoms with Crippen molar-refractivity contribution in [1.82, 2.24) is 0 Å². The first-order chi connectivity index (χ1) is 10.0. The van der Waals surface area contributed by atoms with E-state index in [1.807, 2.05) is 55.5 Å². The molecule has 1 aliphatic heterocycles. The molecule has 5 nitrogen and oxygen atoms in total. The average molecular weight is 304 g/mol. The highest BCUT2D eigenvalue weighted by molar-refractivity contribution is 7.85. The van der Waals surface area contributed by atoms with Gasteiger partial charge in [-0.2, -0.15) is 8.42 Å². The van der Waals surface area contributed by atoms with Crippen LogP contribution in [0.25, 0.3) is 0 Å². The van der Waals surface area contributed by atoms with Gasteiger partial charge in [0.15, 0.2) is 5.88 Å². The van der Waals surface area contributed by atoms with E-state index in [1.165, 1.54) is 0 Å². The second kappa shape index (κ2) is 5.05. The molecule has 0 atom stereocenters. The van der Waals surface area contributed by atoms with Crippen molar-refractivity contribution in [3.8, 4) is 0 Å². The van der Waals surface area contributed by atoms with E-state index in [1.54, 1.807) is 4.90 Å². The highest BCUT2D eigenvalue weighted by Gasteiger charge is 2.29. The third kappa shape index (κ3) is 2.48. The zero-order valence-electron chi connectivity index (χ0n) is 11.6. The van der Waals surface area contributed by atoms with Gasteiger partial charge in [-0.25, -0.2) is 0 Å². The van der Waals surface area contributed by atoms with Gasteiger partial charge in [0.25, 0.3) is 10.1 Å². The van der Waals surface area contributed by atoms with E-state index < -0.39 is 16.0 Å². The molecule has 0 saturated heterocycles. The molecule has 0 spiro atoms. The highest BCUT2D eigenvalue weighted by atomic mass is 32.2. The van der Waals surface area contributed by atoms with Gasteiger partial charge in [-0.15, -0.1) is 0 Å². The Bertz CT molecular complexity index is 726. The number of benzene rings is 2. The zero-order chi connectivity index (χ0) is 15.0. The number of fused-ring (bicyclic) bond motifs is 2. The summed E-state index contributed by atoms with van der Waals surface area (Å²) in [5.74, 6) is -0.460. The van der Waals surface area contributed by atoms with Crippen molar-refractivity contribution in [2.24, 2.45) is 0 Å². The summed E-state index contributed by atoms with van der Waals surface area (Å²) in [7, 11) is -4.13. The van der Waals surface area contributed by atoms with Gasteiger partial charge in [0.05, 0.1) is 22.7 Å². The second-order valence-electron chi connectivity index (χ2n) is 4.86. The first kappa shape index (κ1) is 13.9. The van der Waals surface area contributed by atoms with Crippen LogP contribution in [0.5, 0.6) is 0 Å². The Labute approximate surface area is 124 Å². The number of hydrogen-bond acceptors (Lipinski definition) is 4. The van der Waals surface area contributed by atoms with Crippen LogP contribution in [-0.2, 0) is 10.1 Å². The lowest BCUT2D eigenvalue weighted by molar-refractivity contribution is 0.483. The predicted molar refractivity (Wildman–Crippen MR) is 84.1 cm³/mol. The van der Waals surface area contributed by atoms with Crippen molar-refractivity contribution >= 4 is 32.9 Å². The molecule has 1 N–H and O–H groups in total. The lowest BCUT2D eigenvalue weighted by Gasteiger charge is -2.39. The Kier molecular flexibility index (Phi) is 3.35. The lowest BCUT2D eigenvalue weighted by Crippen LogP contribution is -2.32. The summed E-state index contributed by atoms with van der Waals surface area (Å²) in [6.07, 6.45) is 0. The van der Waals surface area contributed by atoms with Crippen LogP contribution in [0.15, 0.2) is 48.5 Å². The number of nitrogens with zero attached hydrogens (tertiary/aromatic N) is 2. The minimum atomic E-state index is -4.13. The van der Waals surface area contributed by atoms with Crippen molar-refractivity contribution < 1.29 is 13.0 Å². The third-order valence-corrected chi connectivity index (χ3v) is 4.12. The number of para-hydroxylation sites is 4. The summed E-state index contributed by atoms with van der Waals surface area (Å²) in [5, 5.41) is 0. The molecule has 6 heteroatoms. The fourth-order valence-electron chi connectivity index (χ4n) is 2.74. The van der Waals surface area contributed by atoms with Crippen molar-refractivity contribution in [3.05, 3.63) is 48.5 Å². The van der Waals surface area contributed by atoms with Gasteiger partial charge in [-0.05, 0) is 31.2 Å². The molecule has 21 heavy (non-hydrogen) atoms. The summed E-state index contributed by atoms with van der Waals surface area (Å²) in [6.45, 7) is 2.82. The Balaban J connectivity index is 2.23. The van der Waals surface area contributed by atoms with Crippen LogP contribution in [0.1, 0.15) is 6.92 Å². The van der Waals surface area contributed by atoms with E-state index in [2.05, 4.69) is 4.90 Å². The Morgan fingerprint density at radius 3 is 1.57 bits per heavy atom. The van der Waals surface area contributed by atoms with Crippen LogP contribution in [0.4, 0.5) is 22.7 Å². The van der Waals surface area contributed by atoms with E-state index in [-0.39, 0.29) is 0 Å². The van der Waals surface area contributed by atoms with E-state index in [9.17, 15) is 13.0 Å². The summed E-state index contributed by atoms with van der Waals surface area (Å²) in [4.78, 5) is 3.76. The fraction of sp³-hybridized carbons (Fsp3) is 0.200. The largest absolute Gasteiger partial charge is 0.338 e. The SMILES string of the molecule is CCN1c2ccccc2N(CS(=O)(=O)O)c2ccccc21. The van der Waals surface area contributed by atoms with Gasteiger partial charge in [0.2, 0.25) is 0 Å². The van der Waals surface area contributed by atoms with Crippen LogP contribution in [0.2, 0.25) is 0 Å². The summed E-state index contributed by atoms with van der Waals surface area (Å²) >= 11 is 0. The van der Waals surface area contributed by atoms with E-state index in [4.69, 9.17) is 0 Å². The van der Waals surface area contributed by atoms with Crippen LogP contribution in [-0.4, -0.2) is 25.4 Å². The van der Waals surface area contributed by atoms with Crippen LogP contribution in [0.3, 0.4) is 0 Å². The van der Waals surface area contributed by atoms with Gasteiger partial charge in [-0.3, -0.25) is 4.55 Å². The molecule has 1 aliphatic rings. The van der Waals surface area contributed by atoms with Crippen molar-refractivity contribution in [3.63, 3.8) is 0 Å². The molecule has 1 heterocycles. The van der Waals surface area contributed by atoms with Gasteiger partial charge >= 0.3 is 0 Å². The minimum Gasteiger partial charge on any atom is -0.338 e. The van der Waals surface area contributed by atoms with Crippen molar-refractivity contribution in [2.75, 3.05) is 22.2 Å². The third-order valence-electron chi connectivity index (χ3n) is 3.54. The molecular weight excluding hydrogens is 288 g/mol. The van der Waals surface area contributed by atoms with Gasteiger partial charge in [-0.1, -0.05) is 24.3 Å². The average Bonchev–Trinajstić information content (AvgIpc) is 2.46. The second-order valence-corrected chi connectivity index (χ2v) is 6.28. The quantitative estimate of drug-likeness (QED) is 0.883. The molecule has 0 unspecified atom stereocenters. The highest BCUT2D eigenvalue weighted by Crippen LogP contribution is 2.47. The van der Waals surface area contributed by atoms with E-state index >= 15 is 0 Å². The summed E-state index contributed by atoms with van der Waals surface area (Å²) < 4.78 is 32.0. The topological polar surface area (TPSA) is 60.9 Å². The first-order valence-corrected chi connectivity index (χ1v) is 8.30. The van der Waals surface area contributed by atoms with Gasteiger partial charge in [0, 0.05) is 6.54 Å². The molecular formula is C15H16N2O3S. The monoisotopic (exact) mass is 304 g/mol. The maximum atomic E-state index is 11.4. The maximum Gasteiger partial charge on any atom is 0.283 e. The molecule has 0 fully saturated rings.